The van der Waals surface area contributed by atoms with Crippen LogP contribution in [0.5, 0.6) is 5.75 Å². The Morgan fingerprint density at radius 2 is 1.94 bits per heavy atom. The molecule has 4 nitrogen and oxygen atoms in total. The minimum atomic E-state index is -0.0720. The molecule has 0 aliphatic heterocycles. The maximum Gasteiger partial charge on any atom is 0.122 e. The Labute approximate surface area is 99.9 Å². The van der Waals surface area contributed by atoms with E-state index in [4.69, 9.17) is 9.84 Å². The van der Waals surface area contributed by atoms with Crippen LogP contribution in [-0.2, 0) is 13.0 Å². The highest BCUT2D eigenvalue weighted by atomic mass is 16.5. The fourth-order valence-electron chi connectivity index (χ4n) is 1.45. The van der Waals surface area contributed by atoms with E-state index >= 15 is 0 Å². The second kappa shape index (κ2) is 5.96. The zero-order valence-electron chi connectivity index (χ0n) is 9.41. The molecule has 4 heteroatoms. The molecular weight excluding hydrogens is 216 g/mol. The Morgan fingerprint density at radius 1 is 1.06 bits per heavy atom. The third-order valence-electron chi connectivity index (χ3n) is 2.30. The highest BCUT2D eigenvalue weighted by Gasteiger charge is 1.98. The molecule has 2 aromatic heterocycles. The quantitative estimate of drug-likeness (QED) is 0.847. The van der Waals surface area contributed by atoms with Gasteiger partial charge in [-0.25, -0.2) is 0 Å². The number of aliphatic hydroxyl groups is 1. The Balaban J connectivity index is 1.86. The van der Waals surface area contributed by atoms with Crippen LogP contribution >= 0.6 is 0 Å². The molecule has 0 spiro atoms. The van der Waals surface area contributed by atoms with Crippen LogP contribution in [0.15, 0.2) is 42.7 Å². The average molecular weight is 230 g/mol. The van der Waals surface area contributed by atoms with Gasteiger partial charge in [0.05, 0.1) is 18.9 Å². The van der Waals surface area contributed by atoms with Crippen LogP contribution in [0.4, 0.5) is 0 Å². The first-order valence-corrected chi connectivity index (χ1v) is 5.47. The van der Waals surface area contributed by atoms with E-state index < -0.39 is 0 Å². The molecule has 0 radical (unpaired) electrons. The van der Waals surface area contributed by atoms with Gasteiger partial charge in [-0.15, -0.1) is 0 Å². The average Bonchev–Trinajstić information content (AvgIpc) is 2.40. The zero-order valence-corrected chi connectivity index (χ0v) is 9.41. The first kappa shape index (κ1) is 11.5. The van der Waals surface area contributed by atoms with E-state index in [-0.39, 0.29) is 6.61 Å². The van der Waals surface area contributed by atoms with Crippen molar-refractivity contribution in [2.24, 2.45) is 0 Å². The second-order valence-electron chi connectivity index (χ2n) is 3.56. The maximum absolute atomic E-state index is 8.94. The monoisotopic (exact) mass is 230 g/mol. The summed E-state index contributed by atoms with van der Waals surface area (Å²) in [5.41, 5.74) is 1.62. The van der Waals surface area contributed by atoms with Gasteiger partial charge in [-0.3, -0.25) is 9.97 Å². The first-order valence-electron chi connectivity index (χ1n) is 5.47. The molecule has 0 aliphatic rings. The van der Waals surface area contributed by atoms with Gasteiger partial charge in [0.1, 0.15) is 5.75 Å². The zero-order chi connectivity index (χ0) is 11.9. The van der Waals surface area contributed by atoms with Crippen LogP contribution in [-0.4, -0.2) is 21.7 Å². The highest BCUT2D eigenvalue weighted by molar-refractivity contribution is 5.22. The SMILES string of the molecule is OCc1cc(OCCc2ccccn2)ccn1. The summed E-state index contributed by atoms with van der Waals surface area (Å²) in [7, 11) is 0. The van der Waals surface area contributed by atoms with Gasteiger partial charge < -0.3 is 9.84 Å². The van der Waals surface area contributed by atoms with E-state index in [0.29, 0.717) is 12.3 Å². The lowest BCUT2D eigenvalue weighted by Gasteiger charge is -2.06. The van der Waals surface area contributed by atoms with Crippen LogP contribution in [0.1, 0.15) is 11.4 Å². The number of aromatic nitrogens is 2. The molecule has 2 aromatic rings. The van der Waals surface area contributed by atoms with Crippen LogP contribution in [0, 0.1) is 0 Å². The van der Waals surface area contributed by atoms with Gasteiger partial charge in [-0.05, 0) is 18.2 Å². The summed E-state index contributed by atoms with van der Waals surface area (Å²) in [5, 5.41) is 8.94. The number of hydrogen-bond donors (Lipinski definition) is 1. The van der Waals surface area contributed by atoms with Gasteiger partial charge in [0.15, 0.2) is 0 Å². The standard InChI is InChI=1S/C13H14N2O2/c16-10-12-9-13(4-7-15-12)17-8-5-11-3-1-2-6-14-11/h1-4,6-7,9,16H,5,8,10H2. The number of hydrogen-bond acceptors (Lipinski definition) is 4. The van der Waals surface area contributed by atoms with Crippen LogP contribution < -0.4 is 4.74 Å². The van der Waals surface area contributed by atoms with Crippen molar-refractivity contribution in [3.8, 4) is 5.75 Å². The summed E-state index contributed by atoms with van der Waals surface area (Å²) in [6, 6.07) is 9.32. The lowest BCUT2D eigenvalue weighted by Crippen LogP contribution is -2.03. The highest BCUT2D eigenvalue weighted by Crippen LogP contribution is 2.11. The van der Waals surface area contributed by atoms with Crippen molar-refractivity contribution in [1.29, 1.82) is 0 Å². The van der Waals surface area contributed by atoms with Crippen molar-refractivity contribution < 1.29 is 9.84 Å². The van der Waals surface area contributed by atoms with Gasteiger partial charge in [-0.2, -0.15) is 0 Å². The number of pyridine rings is 2. The van der Waals surface area contributed by atoms with Crippen molar-refractivity contribution in [3.63, 3.8) is 0 Å². The lowest BCUT2D eigenvalue weighted by atomic mass is 10.3. The molecule has 0 unspecified atom stereocenters. The van der Waals surface area contributed by atoms with Crippen molar-refractivity contribution in [1.82, 2.24) is 9.97 Å². The number of ether oxygens (including phenoxy) is 1. The minimum absolute atomic E-state index is 0.0720. The molecule has 17 heavy (non-hydrogen) atoms. The van der Waals surface area contributed by atoms with Gasteiger partial charge >= 0.3 is 0 Å². The molecule has 0 saturated heterocycles. The smallest absolute Gasteiger partial charge is 0.122 e. The molecule has 0 atom stereocenters. The van der Waals surface area contributed by atoms with Crippen molar-refractivity contribution in [3.05, 3.63) is 54.1 Å². The van der Waals surface area contributed by atoms with Gasteiger partial charge in [0, 0.05) is 30.6 Å². The van der Waals surface area contributed by atoms with Gasteiger partial charge in [0.2, 0.25) is 0 Å². The van der Waals surface area contributed by atoms with E-state index in [1.807, 2.05) is 18.2 Å². The van der Waals surface area contributed by atoms with Crippen molar-refractivity contribution in [2.75, 3.05) is 6.61 Å². The Bertz CT molecular complexity index is 460. The lowest BCUT2D eigenvalue weighted by molar-refractivity contribution is 0.274. The van der Waals surface area contributed by atoms with E-state index in [9.17, 15) is 0 Å². The third-order valence-corrected chi connectivity index (χ3v) is 2.30. The van der Waals surface area contributed by atoms with E-state index in [1.165, 1.54) is 0 Å². The molecule has 88 valence electrons. The Kier molecular flexibility index (Phi) is 4.05. The van der Waals surface area contributed by atoms with Crippen molar-refractivity contribution in [2.45, 2.75) is 13.0 Å². The van der Waals surface area contributed by atoms with Gasteiger partial charge in [0.25, 0.3) is 0 Å². The number of nitrogens with zero attached hydrogens (tertiary/aromatic N) is 2. The van der Waals surface area contributed by atoms with Crippen LogP contribution in [0.25, 0.3) is 0 Å². The van der Waals surface area contributed by atoms with Crippen molar-refractivity contribution >= 4 is 0 Å². The molecule has 0 fully saturated rings. The van der Waals surface area contributed by atoms with Crippen LogP contribution in [0.2, 0.25) is 0 Å². The molecule has 0 saturated carbocycles. The number of rotatable bonds is 5. The number of aliphatic hydroxyl groups excluding tert-OH is 1. The maximum atomic E-state index is 8.94. The topological polar surface area (TPSA) is 55.2 Å². The normalized spacial score (nSPS) is 10.2. The molecule has 0 bridgehead atoms. The fourth-order valence-corrected chi connectivity index (χ4v) is 1.45. The summed E-state index contributed by atoms with van der Waals surface area (Å²) < 4.78 is 5.56. The Morgan fingerprint density at radius 3 is 2.71 bits per heavy atom. The summed E-state index contributed by atoms with van der Waals surface area (Å²) in [4.78, 5) is 8.19. The van der Waals surface area contributed by atoms with E-state index in [1.54, 1.807) is 24.5 Å². The predicted molar refractivity (Wildman–Crippen MR) is 63.6 cm³/mol. The molecule has 0 aromatic carbocycles. The van der Waals surface area contributed by atoms with Crippen LogP contribution in [0.3, 0.4) is 0 Å². The third kappa shape index (κ3) is 3.53. The molecule has 0 amide bonds. The predicted octanol–water partition coefficient (Wildman–Crippen LogP) is 1.59. The summed E-state index contributed by atoms with van der Waals surface area (Å²) in [6.45, 7) is 0.489. The van der Waals surface area contributed by atoms with E-state index in [0.717, 1.165) is 17.9 Å². The second-order valence-corrected chi connectivity index (χ2v) is 3.56. The first-order chi connectivity index (χ1) is 8.38. The molecular formula is C13H14N2O2. The molecule has 2 rings (SSSR count). The van der Waals surface area contributed by atoms with E-state index in [2.05, 4.69) is 9.97 Å². The summed E-state index contributed by atoms with van der Waals surface area (Å²) in [6.07, 6.45) is 4.16. The molecule has 0 aliphatic carbocycles. The largest absolute Gasteiger partial charge is 0.493 e. The fraction of sp³-hybridized carbons (Fsp3) is 0.231. The summed E-state index contributed by atoms with van der Waals surface area (Å²) >= 11 is 0. The summed E-state index contributed by atoms with van der Waals surface area (Å²) in [5.74, 6) is 0.722. The molecule has 2 heterocycles. The van der Waals surface area contributed by atoms with Gasteiger partial charge in [-0.1, -0.05) is 6.07 Å². The molecule has 1 N–H and O–H groups in total. The minimum Gasteiger partial charge on any atom is -0.493 e. The Hall–Kier alpha value is -1.94.